The Kier molecular flexibility index (Phi) is 11.3. The summed E-state index contributed by atoms with van der Waals surface area (Å²) < 4.78 is 26.6. The third-order valence-corrected chi connectivity index (χ3v) is 7.65. The number of hydrogen-bond acceptors (Lipinski definition) is 7. The molecule has 0 aliphatic carbocycles. The summed E-state index contributed by atoms with van der Waals surface area (Å²) in [7, 11) is 0. The molecule has 10 nitrogen and oxygen atoms in total. The van der Waals surface area contributed by atoms with Crippen LogP contribution in [-0.4, -0.2) is 35.7 Å². The van der Waals surface area contributed by atoms with Gasteiger partial charge < -0.3 is 14.6 Å². The number of amides is 1. The monoisotopic (exact) mass is 634 g/mol. The van der Waals surface area contributed by atoms with Crippen molar-refractivity contribution < 1.29 is 23.8 Å². The van der Waals surface area contributed by atoms with Crippen LogP contribution in [0.25, 0.3) is 16.5 Å². The van der Waals surface area contributed by atoms with Crippen molar-refractivity contribution in [2.45, 2.75) is 37.6 Å². The van der Waals surface area contributed by atoms with Crippen LogP contribution in [0.15, 0.2) is 119 Å². The van der Waals surface area contributed by atoms with Crippen molar-refractivity contribution >= 4 is 17.9 Å². The van der Waals surface area contributed by atoms with E-state index in [4.69, 9.17) is 25.1 Å². The van der Waals surface area contributed by atoms with Crippen LogP contribution in [-0.2, 0) is 22.6 Å². The molecule has 4 aromatic carbocycles. The van der Waals surface area contributed by atoms with Crippen LogP contribution in [0.1, 0.15) is 46.8 Å². The first kappa shape index (κ1) is 32.9. The molecular formula is C36H35FN6O4. The van der Waals surface area contributed by atoms with E-state index < -0.39 is 23.4 Å². The number of benzene rings is 4. The number of aliphatic hydroxyl groups excluding tert-OH is 1. The van der Waals surface area contributed by atoms with Gasteiger partial charge >= 0.3 is 0 Å². The van der Waals surface area contributed by atoms with E-state index in [-0.39, 0.29) is 32.0 Å². The number of ether oxygens (including phenoxy) is 2. The highest BCUT2D eigenvalue weighted by Crippen LogP contribution is 2.44. The third kappa shape index (κ3) is 8.22. The first-order valence-electron chi connectivity index (χ1n) is 15.2. The topological polar surface area (TPSA) is 141 Å². The maximum Gasteiger partial charge on any atom is 0.266 e. The Morgan fingerprint density at radius 1 is 1.02 bits per heavy atom. The fourth-order valence-corrected chi connectivity index (χ4v) is 5.24. The number of aliphatic imine (C=N–C) groups is 1. The molecule has 0 saturated heterocycles. The van der Waals surface area contributed by atoms with Crippen LogP contribution < -0.4 is 15.6 Å². The van der Waals surface area contributed by atoms with Gasteiger partial charge in [-0.25, -0.2) is 14.8 Å². The second kappa shape index (κ2) is 16.2. The first-order chi connectivity index (χ1) is 23.0. The second-order valence-electron chi connectivity index (χ2n) is 10.8. The Labute approximate surface area is 272 Å². The van der Waals surface area contributed by atoms with Crippen LogP contribution >= 0.6 is 0 Å². The highest BCUT2D eigenvalue weighted by molar-refractivity contribution is 6.01. The van der Waals surface area contributed by atoms with Gasteiger partial charge in [-0.3, -0.25) is 10.2 Å². The number of carbonyl (C=O) groups excluding carboxylic acids is 1. The molecule has 240 valence electrons. The minimum atomic E-state index is -1.52. The molecule has 0 unspecified atom stereocenters. The van der Waals surface area contributed by atoms with Crippen LogP contribution in [0.4, 0.5) is 4.39 Å². The van der Waals surface area contributed by atoms with Crippen LogP contribution in [0, 0.1) is 5.82 Å². The predicted octanol–water partition coefficient (Wildman–Crippen LogP) is 6.58. The largest absolute Gasteiger partial charge is 0.494 e. The lowest BCUT2D eigenvalue weighted by Crippen LogP contribution is -2.52. The smallest absolute Gasteiger partial charge is 0.266 e. The summed E-state index contributed by atoms with van der Waals surface area (Å²) in [4.78, 5) is 22.3. The number of hydrogen-bond donors (Lipinski definition) is 3. The maximum atomic E-state index is 14.4. The average molecular weight is 635 g/mol. The van der Waals surface area contributed by atoms with E-state index in [1.165, 1.54) is 6.07 Å². The third-order valence-electron chi connectivity index (χ3n) is 7.65. The Bertz CT molecular complexity index is 1760. The van der Waals surface area contributed by atoms with Gasteiger partial charge in [-0.1, -0.05) is 90.1 Å². The van der Waals surface area contributed by atoms with Crippen molar-refractivity contribution in [3.63, 3.8) is 0 Å². The molecule has 1 heterocycles. The molecule has 0 radical (unpaired) electrons. The number of halogens is 1. The van der Waals surface area contributed by atoms with E-state index >= 15 is 0 Å². The summed E-state index contributed by atoms with van der Waals surface area (Å²) in [5.41, 5.74) is 16.5. The molecule has 11 heteroatoms. The fourth-order valence-electron chi connectivity index (χ4n) is 5.24. The van der Waals surface area contributed by atoms with Crippen LogP contribution in [0.3, 0.4) is 0 Å². The van der Waals surface area contributed by atoms with E-state index in [1.54, 1.807) is 42.5 Å². The molecule has 0 bridgehead atoms. The van der Waals surface area contributed by atoms with E-state index in [2.05, 4.69) is 20.9 Å². The van der Waals surface area contributed by atoms with Gasteiger partial charge in [0.15, 0.2) is 11.6 Å². The molecular weight excluding hydrogens is 599 g/mol. The van der Waals surface area contributed by atoms with Crippen molar-refractivity contribution in [3.05, 3.63) is 153 Å². The van der Waals surface area contributed by atoms with Crippen molar-refractivity contribution in [3.8, 4) is 5.75 Å². The molecule has 1 aliphatic heterocycles. The molecule has 47 heavy (non-hydrogen) atoms. The molecule has 0 aromatic heterocycles. The summed E-state index contributed by atoms with van der Waals surface area (Å²) in [6.45, 7) is 0.490. The molecule has 5 rings (SSSR count). The number of aliphatic hydroxyl groups is 1. The van der Waals surface area contributed by atoms with Crippen molar-refractivity contribution in [1.82, 2.24) is 10.9 Å². The van der Waals surface area contributed by atoms with Gasteiger partial charge in [0, 0.05) is 42.0 Å². The highest BCUT2D eigenvalue weighted by atomic mass is 19.1. The highest BCUT2D eigenvalue weighted by Gasteiger charge is 2.53. The van der Waals surface area contributed by atoms with E-state index in [0.717, 1.165) is 5.56 Å². The lowest BCUT2D eigenvalue weighted by Gasteiger charge is -2.31. The Balaban J connectivity index is 1.54. The summed E-state index contributed by atoms with van der Waals surface area (Å²) in [6.07, 6.45) is 3.52. The molecule has 0 spiro atoms. The molecule has 0 saturated carbocycles. The Hall–Kier alpha value is -5.48. The molecule has 1 aliphatic rings. The Morgan fingerprint density at radius 3 is 2.49 bits per heavy atom. The van der Waals surface area contributed by atoms with E-state index in [1.807, 2.05) is 66.7 Å². The molecule has 0 fully saturated rings. The number of nitrogens with one attached hydrogen (secondary N) is 2. The van der Waals surface area contributed by atoms with Gasteiger partial charge in [0.05, 0.1) is 13.2 Å². The summed E-state index contributed by atoms with van der Waals surface area (Å²) in [6, 6.07) is 30.4. The summed E-state index contributed by atoms with van der Waals surface area (Å²) in [5, 5.41) is 12.8. The zero-order valence-electron chi connectivity index (χ0n) is 25.6. The van der Waals surface area contributed by atoms with Gasteiger partial charge in [0.25, 0.3) is 5.91 Å². The zero-order valence-corrected chi connectivity index (χ0v) is 25.6. The normalized spacial score (nSPS) is 17.1. The number of rotatable bonds is 15. The lowest BCUT2D eigenvalue weighted by atomic mass is 9.82. The minimum absolute atomic E-state index is 0.0310. The van der Waals surface area contributed by atoms with Gasteiger partial charge in [-0.05, 0) is 52.6 Å². The van der Waals surface area contributed by atoms with Crippen molar-refractivity contribution in [2.75, 3.05) is 13.2 Å². The number of nitrogens with zero attached hydrogens (tertiary/aromatic N) is 4. The minimum Gasteiger partial charge on any atom is -0.494 e. The van der Waals surface area contributed by atoms with Gasteiger partial charge in [0.1, 0.15) is 11.6 Å². The number of carbonyl (C=O) groups is 1. The maximum absolute atomic E-state index is 14.4. The van der Waals surface area contributed by atoms with Gasteiger partial charge in [-0.15, -0.1) is 0 Å². The van der Waals surface area contributed by atoms with Crippen molar-refractivity contribution in [2.24, 2.45) is 10.1 Å². The van der Waals surface area contributed by atoms with Crippen LogP contribution in [0.2, 0.25) is 0 Å². The quantitative estimate of drug-likeness (QED) is 0.0446. The van der Waals surface area contributed by atoms with Crippen molar-refractivity contribution in [1.29, 1.82) is 0 Å². The SMILES string of the molecule is [N-]=[N+]=NCc1ccccc1[C@@H]1OC(c2ccc(OCCCO)cc2)=N[C@]1(C/C=C/c1ccccc1)C(=O)NNCc1ccccc1F. The molecule has 2 atom stereocenters. The van der Waals surface area contributed by atoms with Gasteiger partial charge in [-0.2, -0.15) is 0 Å². The lowest BCUT2D eigenvalue weighted by molar-refractivity contribution is -0.130. The van der Waals surface area contributed by atoms with Gasteiger partial charge in [0.2, 0.25) is 5.90 Å². The number of azide groups is 1. The summed E-state index contributed by atoms with van der Waals surface area (Å²) >= 11 is 0. The van der Waals surface area contributed by atoms with E-state index in [9.17, 15) is 9.18 Å². The number of hydrazine groups is 1. The van der Waals surface area contributed by atoms with E-state index in [0.29, 0.717) is 41.0 Å². The zero-order chi connectivity index (χ0) is 32.9. The van der Waals surface area contributed by atoms with Crippen LogP contribution in [0.5, 0.6) is 5.75 Å². The predicted molar refractivity (Wildman–Crippen MR) is 178 cm³/mol. The second-order valence-corrected chi connectivity index (χ2v) is 10.8. The average Bonchev–Trinajstić information content (AvgIpc) is 3.49. The Morgan fingerprint density at radius 2 is 1.74 bits per heavy atom. The molecule has 4 aromatic rings. The molecule has 1 amide bonds. The molecule has 3 N–H and O–H groups in total. The standard InChI is InChI=1S/C36H35FN6O4/c37-32-16-7-5-14-29(32)25-39-42-35(45)36(21-8-12-26-10-2-1-3-11-26)33(31-15-6-4-13-28(31)24-40-43-38)47-34(41-36)27-17-19-30(20-18-27)46-23-9-22-44/h1-8,10-20,33,39,44H,9,21-25H2,(H,42,45)/b12-8+/t33-,36-/m0/s1. The first-order valence-corrected chi connectivity index (χ1v) is 15.2. The summed E-state index contributed by atoms with van der Waals surface area (Å²) in [5.74, 6) is -0.0286. The fraction of sp³-hybridized carbons (Fsp3) is 0.222.